The Labute approximate surface area is 192 Å². The van der Waals surface area contributed by atoms with Gasteiger partial charge in [0, 0.05) is 37.5 Å². The number of anilines is 3. The van der Waals surface area contributed by atoms with Crippen molar-refractivity contribution in [1.29, 1.82) is 0 Å². The molecule has 0 saturated carbocycles. The van der Waals surface area contributed by atoms with Crippen molar-refractivity contribution in [2.75, 3.05) is 23.3 Å². The first-order valence-corrected chi connectivity index (χ1v) is 11.3. The zero-order valence-corrected chi connectivity index (χ0v) is 18.6. The fraction of sp³-hybridized carbons (Fsp3) is 0.231. The van der Waals surface area contributed by atoms with Gasteiger partial charge in [-0.2, -0.15) is 4.98 Å². The quantitative estimate of drug-likeness (QED) is 0.479. The van der Waals surface area contributed by atoms with E-state index in [0.717, 1.165) is 30.9 Å². The van der Waals surface area contributed by atoms with Gasteiger partial charge in [-0.3, -0.25) is 14.3 Å². The number of fused-ring (bicyclic) bond motifs is 1. The lowest BCUT2D eigenvalue weighted by Crippen LogP contribution is -2.36. The van der Waals surface area contributed by atoms with Gasteiger partial charge < -0.3 is 5.32 Å². The van der Waals surface area contributed by atoms with Crippen molar-refractivity contribution >= 4 is 17.7 Å². The van der Waals surface area contributed by atoms with E-state index in [9.17, 15) is 4.79 Å². The van der Waals surface area contributed by atoms with Crippen LogP contribution >= 0.6 is 0 Å². The summed E-state index contributed by atoms with van der Waals surface area (Å²) >= 11 is 0. The predicted molar refractivity (Wildman–Crippen MR) is 131 cm³/mol. The van der Waals surface area contributed by atoms with E-state index in [4.69, 9.17) is 9.97 Å². The van der Waals surface area contributed by atoms with Crippen molar-refractivity contribution in [2.24, 2.45) is 0 Å². The fourth-order valence-corrected chi connectivity index (χ4v) is 4.10. The van der Waals surface area contributed by atoms with Gasteiger partial charge in [-0.1, -0.05) is 67.6 Å². The lowest BCUT2D eigenvalue weighted by Gasteiger charge is -2.30. The molecule has 0 amide bonds. The molecule has 33 heavy (non-hydrogen) atoms. The van der Waals surface area contributed by atoms with Crippen LogP contribution in [0.3, 0.4) is 0 Å². The molecule has 7 nitrogen and oxygen atoms in total. The van der Waals surface area contributed by atoms with Crippen LogP contribution in [0.4, 0.5) is 17.7 Å². The topological polar surface area (TPSA) is 75.9 Å². The summed E-state index contributed by atoms with van der Waals surface area (Å²) in [5, 5.41) is 3.36. The Balaban J connectivity index is 1.42. The van der Waals surface area contributed by atoms with Crippen molar-refractivity contribution in [2.45, 2.75) is 25.8 Å². The third-order valence-corrected chi connectivity index (χ3v) is 5.91. The second-order valence-corrected chi connectivity index (χ2v) is 8.23. The van der Waals surface area contributed by atoms with Crippen molar-refractivity contribution < 1.29 is 0 Å². The van der Waals surface area contributed by atoms with Crippen LogP contribution in [-0.2, 0) is 6.54 Å². The Morgan fingerprint density at radius 2 is 1.73 bits per heavy atom. The van der Waals surface area contributed by atoms with Crippen molar-refractivity contribution in [3.8, 4) is 11.3 Å². The largest absolute Gasteiger partial charge is 0.354 e. The highest BCUT2D eigenvalue weighted by atomic mass is 16.1. The van der Waals surface area contributed by atoms with Crippen LogP contribution in [0.25, 0.3) is 11.3 Å². The summed E-state index contributed by atoms with van der Waals surface area (Å²) in [6.07, 6.45) is 2.59. The molecule has 4 aromatic rings. The van der Waals surface area contributed by atoms with E-state index in [0.29, 0.717) is 30.1 Å². The van der Waals surface area contributed by atoms with Crippen LogP contribution in [-0.4, -0.2) is 32.6 Å². The van der Waals surface area contributed by atoms with Gasteiger partial charge in [-0.05, 0) is 24.0 Å². The zero-order valence-electron chi connectivity index (χ0n) is 18.6. The van der Waals surface area contributed by atoms with Crippen LogP contribution < -0.4 is 15.8 Å². The van der Waals surface area contributed by atoms with E-state index in [-0.39, 0.29) is 5.56 Å². The number of aromatic nitrogens is 4. The summed E-state index contributed by atoms with van der Waals surface area (Å²) in [6.45, 7) is 4.29. The Kier molecular flexibility index (Phi) is 5.85. The van der Waals surface area contributed by atoms with Gasteiger partial charge >= 0.3 is 0 Å². The highest BCUT2D eigenvalue weighted by Crippen LogP contribution is 2.28. The molecule has 2 aromatic carbocycles. The predicted octanol–water partition coefficient (Wildman–Crippen LogP) is 4.46. The lowest BCUT2D eigenvalue weighted by atomic mass is 10.0. The summed E-state index contributed by atoms with van der Waals surface area (Å²) < 4.78 is 1.72. The van der Waals surface area contributed by atoms with Crippen LogP contribution in [0.15, 0.2) is 83.8 Å². The Hall–Kier alpha value is -4.00. The molecule has 2 aromatic heterocycles. The van der Waals surface area contributed by atoms with Gasteiger partial charge in [0.15, 0.2) is 0 Å². The van der Waals surface area contributed by atoms with Gasteiger partial charge in [0.05, 0.1) is 5.69 Å². The molecule has 3 heterocycles. The summed E-state index contributed by atoms with van der Waals surface area (Å²) in [7, 11) is 0. The average molecular weight is 439 g/mol. The number of nitrogens with zero attached hydrogens (tertiary/aromatic N) is 5. The normalized spacial score (nSPS) is 13.9. The second-order valence-electron chi connectivity index (χ2n) is 8.23. The molecule has 0 radical (unpaired) electrons. The smallest absolute Gasteiger partial charge is 0.255 e. The molecular weight excluding hydrogens is 412 g/mol. The van der Waals surface area contributed by atoms with Crippen molar-refractivity contribution in [3.63, 3.8) is 0 Å². The van der Waals surface area contributed by atoms with Gasteiger partial charge in [0.1, 0.15) is 5.82 Å². The minimum atomic E-state index is -0.0485. The Morgan fingerprint density at radius 1 is 0.970 bits per heavy atom. The van der Waals surface area contributed by atoms with Gasteiger partial charge in [-0.15, -0.1) is 0 Å². The van der Waals surface area contributed by atoms with E-state index in [2.05, 4.69) is 41.5 Å². The van der Waals surface area contributed by atoms with Crippen LogP contribution in [0, 0.1) is 0 Å². The summed E-state index contributed by atoms with van der Waals surface area (Å²) in [5.74, 6) is 2.23. The van der Waals surface area contributed by atoms with E-state index in [1.165, 1.54) is 5.56 Å². The van der Waals surface area contributed by atoms with E-state index in [1.807, 2.05) is 47.4 Å². The second kappa shape index (κ2) is 9.24. The van der Waals surface area contributed by atoms with E-state index in [1.54, 1.807) is 16.8 Å². The average Bonchev–Trinajstić information content (AvgIpc) is 2.88. The molecule has 1 N–H and O–H groups in total. The van der Waals surface area contributed by atoms with Crippen LogP contribution in [0.2, 0.25) is 0 Å². The van der Waals surface area contributed by atoms with Crippen molar-refractivity contribution in [3.05, 3.63) is 94.9 Å². The van der Waals surface area contributed by atoms with E-state index >= 15 is 0 Å². The lowest BCUT2D eigenvalue weighted by molar-refractivity contribution is 0.561. The number of hydrogen-bond donors (Lipinski definition) is 1. The van der Waals surface area contributed by atoms with Crippen LogP contribution in [0.1, 0.15) is 24.8 Å². The molecule has 1 aliphatic heterocycles. The summed E-state index contributed by atoms with van der Waals surface area (Å²) in [5.41, 5.74) is 2.81. The SMILES string of the molecule is C[C@H](CNc1nccc(N2CCCn3c2nc(-c2ccccc2)cc3=O)n1)c1ccccc1. The minimum Gasteiger partial charge on any atom is -0.354 e. The maximum Gasteiger partial charge on any atom is 0.255 e. The van der Waals surface area contributed by atoms with Gasteiger partial charge in [0.2, 0.25) is 11.9 Å². The molecule has 7 heteroatoms. The monoisotopic (exact) mass is 438 g/mol. The maximum atomic E-state index is 12.9. The molecule has 1 aliphatic rings. The molecule has 0 unspecified atom stereocenters. The maximum absolute atomic E-state index is 12.9. The number of rotatable bonds is 6. The molecule has 0 bridgehead atoms. The molecule has 0 fully saturated rings. The molecule has 0 spiro atoms. The molecule has 166 valence electrons. The standard InChI is InChI=1S/C26H26N6O/c1-19(20-9-4-2-5-10-20)18-28-25-27-14-13-23(30-25)31-15-8-16-32-24(33)17-22(29-26(31)32)21-11-6-3-7-12-21/h2-7,9-14,17,19H,8,15-16,18H2,1H3,(H,27,28,30)/t19-/m1/s1. The number of nitrogens with one attached hydrogen (secondary N) is 1. The Morgan fingerprint density at radius 3 is 2.52 bits per heavy atom. The van der Waals surface area contributed by atoms with Crippen molar-refractivity contribution in [1.82, 2.24) is 19.5 Å². The number of hydrogen-bond acceptors (Lipinski definition) is 6. The van der Waals surface area contributed by atoms with Gasteiger partial charge in [-0.25, -0.2) is 9.97 Å². The number of benzene rings is 2. The first-order valence-electron chi connectivity index (χ1n) is 11.3. The molecular formula is C26H26N6O. The highest BCUT2D eigenvalue weighted by molar-refractivity contribution is 5.63. The Bertz CT molecular complexity index is 1290. The molecule has 1 atom stereocenters. The van der Waals surface area contributed by atoms with Gasteiger partial charge in [0.25, 0.3) is 5.56 Å². The first kappa shape index (κ1) is 20.9. The fourth-order valence-electron chi connectivity index (χ4n) is 4.10. The zero-order chi connectivity index (χ0) is 22.6. The molecule has 0 saturated heterocycles. The molecule has 0 aliphatic carbocycles. The highest BCUT2D eigenvalue weighted by Gasteiger charge is 2.23. The first-order chi connectivity index (χ1) is 16.2. The summed E-state index contributed by atoms with van der Waals surface area (Å²) in [4.78, 5) is 28.9. The third kappa shape index (κ3) is 4.48. The van der Waals surface area contributed by atoms with Crippen LogP contribution in [0.5, 0.6) is 0 Å². The van der Waals surface area contributed by atoms with E-state index < -0.39 is 0 Å². The summed E-state index contributed by atoms with van der Waals surface area (Å²) in [6, 6.07) is 23.6. The third-order valence-electron chi connectivity index (χ3n) is 5.91. The minimum absolute atomic E-state index is 0.0485. The molecule has 5 rings (SSSR count).